The Hall–Kier alpha value is -0.790. The summed E-state index contributed by atoms with van der Waals surface area (Å²) in [6, 6.07) is 1.67. The van der Waals surface area contributed by atoms with Gasteiger partial charge in [0, 0.05) is 44.0 Å². The normalized spacial score (nSPS) is 17.9. The van der Waals surface area contributed by atoms with Crippen LogP contribution in [0.1, 0.15) is 0 Å². The molecular weight excluding hydrogens is 258 g/mol. The first kappa shape index (κ1) is 12.7. The van der Waals surface area contributed by atoms with Crippen LogP contribution in [0.15, 0.2) is 23.4 Å². The Labute approximate surface area is 106 Å². The molecule has 1 aliphatic rings. The van der Waals surface area contributed by atoms with Crippen molar-refractivity contribution in [1.29, 1.82) is 0 Å². The van der Waals surface area contributed by atoms with E-state index in [0.717, 1.165) is 11.5 Å². The van der Waals surface area contributed by atoms with E-state index in [9.17, 15) is 8.42 Å². The van der Waals surface area contributed by atoms with E-state index in [1.54, 1.807) is 31.1 Å². The average molecular weight is 273 g/mol. The summed E-state index contributed by atoms with van der Waals surface area (Å²) in [5, 5.41) is 2.89. The number of pyridine rings is 1. The summed E-state index contributed by atoms with van der Waals surface area (Å²) in [7, 11) is -1.70. The standard InChI is InChI=1S/C10H15N3O2S2/c1-11-9-2-3-12-8-10(9)17(14,15)13-4-6-16-7-5-13/h2-3,8H,4-7H2,1H3,(H,11,12). The van der Waals surface area contributed by atoms with Gasteiger partial charge >= 0.3 is 0 Å². The predicted octanol–water partition coefficient (Wildman–Crippen LogP) is 0.861. The van der Waals surface area contributed by atoms with Crippen LogP contribution >= 0.6 is 11.8 Å². The zero-order chi connectivity index (χ0) is 12.3. The van der Waals surface area contributed by atoms with E-state index >= 15 is 0 Å². The number of rotatable bonds is 3. The van der Waals surface area contributed by atoms with Gasteiger partial charge in [-0.15, -0.1) is 0 Å². The summed E-state index contributed by atoms with van der Waals surface area (Å²) in [5.74, 6) is 1.71. The Morgan fingerprint density at radius 1 is 1.41 bits per heavy atom. The van der Waals surface area contributed by atoms with Gasteiger partial charge < -0.3 is 5.32 Å². The van der Waals surface area contributed by atoms with E-state index in [0.29, 0.717) is 18.8 Å². The van der Waals surface area contributed by atoms with Crippen LogP contribution in [0.2, 0.25) is 0 Å². The summed E-state index contributed by atoms with van der Waals surface area (Å²) in [6.07, 6.45) is 2.99. The maximum absolute atomic E-state index is 12.4. The molecule has 0 radical (unpaired) electrons. The third-order valence-corrected chi connectivity index (χ3v) is 5.51. The molecule has 1 fully saturated rings. The maximum atomic E-state index is 12.4. The predicted molar refractivity (Wildman–Crippen MR) is 69.9 cm³/mol. The van der Waals surface area contributed by atoms with Crippen molar-refractivity contribution in [3.05, 3.63) is 18.5 Å². The molecule has 1 N–H and O–H groups in total. The number of aromatic nitrogens is 1. The quantitative estimate of drug-likeness (QED) is 0.885. The molecule has 0 bridgehead atoms. The van der Waals surface area contributed by atoms with Gasteiger partial charge in [-0.3, -0.25) is 4.98 Å². The summed E-state index contributed by atoms with van der Waals surface area (Å²) < 4.78 is 26.3. The van der Waals surface area contributed by atoms with Crippen LogP contribution in [0.5, 0.6) is 0 Å². The first-order valence-electron chi connectivity index (χ1n) is 5.36. The maximum Gasteiger partial charge on any atom is 0.246 e. The zero-order valence-corrected chi connectivity index (χ0v) is 11.2. The number of nitrogens with zero attached hydrogens (tertiary/aromatic N) is 2. The van der Waals surface area contributed by atoms with Crippen molar-refractivity contribution < 1.29 is 8.42 Å². The molecule has 1 aromatic rings. The summed E-state index contributed by atoms with van der Waals surface area (Å²) >= 11 is 1.78. The Balaban J connectivity index is 2.36. The number of sulfonamides is 1. The van der Waals surface area contributed by atoms with Gasteiger partial charge in [-0.2, -0.15) is 16.1 Å². The minimum Gasteiger partial charge on any atom is -0.387 e. The lowest BCUT2D eigenvalue weighted by molar-refractivity contribution is 0.443. The second-order valence-electron chi connectivity index (χ2n) is 3.64. The highest BCUT2D eigenvalue weighted by Gasteiger charge is 2.28. The first-order valence-corrected chi connectivity index (χ1v) is 7.95. The Bertz CT molecular complexity index is 484. The molecule has 0 unspecified atom stereocenters. The lowest BCUT2D eigenvalue weighted by Crippen LogP contribution is -2.38. The molecule has 1 aliphatic heterocycles. The molecule has 0 aromatic carbocycles. The first-order chi connectivity index (χ1) is 8.16. The molecule has 0 spiro atoms. The van der Waals surface area contributed by atoms with Gasteiger partial charge in [-0.05, 0) is 6.07 Å². The molecule has 5 nitrogen and oxygen atoms in total. The highest BCUT2D eigenvalue weighted by molar-refractivity contribution is 7.99. The van der Waals surface area contributed by atoms with E-state index in [1.807, 2.05) is 0 Å². The van der Waals surface area contributed by atoms with Crippen LogP contribution in [0.25, 0.3) is 0 Å². The Kier molecular flexibility index (Phi) is 3.90. The van der Waals surface area contributed by atoms with Crippen LogP contribution in [0, 0.1) is 0 Å². The fourth-order valence-corrected chi connectivity index (χ4v) is 4.44. The zero-order valence-electron chi connectivity index (χ0n) is 9.59. The fraction of sp³-hybridized carbons (Fsp3) is 0.500. The second-order valence-corrected chi connectivity index (χ2v) is 6.77. The van der Waals surface area contributed by atoms with Crippen LogP contribution in [-0.2, 0) is 10.0 Å². The second kappa shape index (κ2) is 5.24. The molecule has 0 atom stereocenters. The van der Waals surface area contributed by atoms with Gasteiger partial charge in [-0.25, -0.2) is 8.42 Å². The van der Waals surface area contributed by atoms with Gasteiger partial charge in [0.1, 0.15) is 4.90 Å². The Morgan fingerprint density at radius 3 is 2.76 bits per heavy atom. The molecule has 94 valence electrons. The minimum absolute atomic E-state index is 0.259. The number of thioether (sulfide) groups is 1. The summed E-state index contributed by atoms with van der Waals surface area (Å²) in [5.41, 5.74) is 0.596. The molecule has 0 aliphatic carbocycles. The monoisotopic (exact) mass is 273 g/mol. The molecular formula is C10H15N3O2S2. The van der Waals surface area contributed by atoms with E-state index in [-0.39, 0.29) is 4.90 Å². The van der Waals surface area contributed by atoms with Crippen molar-refractivity contribution in [2.24, 2.45) is 0 Å². The van der Waals surface area contributed by atoms with E-state index in [1.165, 1.54) is 10.5 Å². The summed E-state index contributed by atoms with van der Waals surface area (Å²) in [4.78, 5) is 4.16. The van der Waals surface area contributed by atoms with Gasteiger partial charge in [0.2, 0.25) is 10.0 Å². The number of anilines is 1. The van der Waals surface area contributed by atoms with E-state index in [4.69, 9.17) is 0 Å². The molecule has 2 rings (SSSR count). The molecule has 2 heterocycles. The van der Waals surface area contributed by atoms with Crippen LogP contribution in [-0.4, -0.2) is 49.3 Å². The van der Waals surface area contributed by atoms with Gasteiger partial charge in [-0.1, -0.05) is 0 Å². The largest absolute Gasteiger partial charge is 0.387 e. The fourth-order valence-electron chi connectivity index (χ4n) is 1.72. The third kappa shape index (κ3) is 2.56. The third-order valence-electron chi connectivity index (χ3n) is 2.64. The van der Waals surface area contributed by atoms with E-state index in [2.05, 4.69) is 10.3 Å². The van der Waals surface area contributed by atoms with Crippen molar-refractivity contribution in [1.82, 2.24) is 9.29 Å². The number of nitrogens with one attached hydrogen (secondary N) is 1. The highest BCUT2D eigenvalue weighted by atomic mass is 32.2. The highest BCUT2D eigenvalue weighted by Crippen LogP contribution is 2.25. The van der Waals surface area contributed by atoms with E-state index < -0.39 is 10.0 Å². The van der Waals surface area contributed by atoms with Gasteiger partial charge in [0.15, 0.2) is 0 Å². The van der Waals surface area contributed by atoms with Crippen molar-refractivity contribution in [3.8, 4) is 0 Å². The molecule has 1 saturated heterocycles. The molecule has 7 heteroatoms. The number of hydrogen-bond acceptors (Lipinski definition) is 5. The SMILES string of the molecule is CNc1ccncc1S(=O)(=O)N1CCSCC1. The van der Waals surface area contributed by atoms with Crippen molar-refractivity contribution >= 4 is 27.5 Å². The smallest absolute Gasteiger partial charge is 0.246 e. The minimum atomic E-state index is -3.41. The topological polar surface area (TPSA) is 62.3 Å². The summed E-state index contributed by atoms with van der Waals surface area (Å²) in [6.45, 7) is 1.15. The van der Waals surface area contributed by atoms with Crippen LogP contribution in [0.4, 0.5) is 5.69 Å². The lowest BCUT2D eigenvalue weighted by Gasteiger charge is -2.26. The van der Waals surface area contributed by atoms with Crippen molar-refractivity contribution in [3.63, 3.8) is 0 Å². The molecule has 1 aromatic heterocycles. The van der Waals surface area contributed by atoms with Gasteiger partial charge in [0.25, 0.3) is 0 Å². The van der Waals surface area contributed by atoms with Crippen LogP contribution < -0.4 is 5.32 Å². The number of hydrogen-bond donors (Lipinski definition) is 1. The lowest BCUT2D eigenvalue weighted by atomic mass is 10.4. The van der Waals surface area contributed by atoms with Crippen molar-refractivity contribution in [2.45, 2.75) is 4.90 Å². The molecule has 0 saturated carbocycles. The molecule has 0 amide bonds. The van der Waals surface area contributed by atoms with Crippen molar-refractivity contribution in [2.75, 3.05) is 37.0 Å². The Morgan fingerprint density at radius 2 is 2.12 bits per heavy atom. The average Bonchev–Trinajstić information content (AvgIpc) is 2.39. The van der Waals surface area contributed by atoms with Gasteiger partial charge in [0.05, 0.1) is 5.69 Å². The molecule has 17 heavy (non-hydrogen) atoms. The van der Waals surface area contributed by atoms with Crippen LogP contribution in [0.3, 0.4) is 0 Å².